The number of nitrogens with zero attached hydrogens (tertiary/aromatic N) is 3. The van der Waals surface area contributed by atoms with E-state index in [-0.39, 0.29) is 40.7 Å². The highest BCUT2D eigenvalue weighted by Gasteiger charge is 2.42. The summed E-state index contributed by atoms with van der Waals surface area (Å²) in [6.45, 7) is 6.27. The van der Waals surface area contributed by atoms with Gasteiger partial charge in [-0.2, -0.15) is 0 Å². The van der Waals surface area contributed by atoms with Gasteiger partial charge in [0.05, 0.1) is 12.7 Å². The van der Waals surface area contributed by atoms with Crippen molar-refractivity contribution < 1.29 is 18.3 Å². The van der Waals surface area contributed by atoms with E-state index in [4.69, 9.17) is 4.74 Å². The van der Waals surface area contributed by atoms with Crippen LogP contribution in [0.25, 0.3) is 10.6 Å². The first-order chi connectivity index (χ1) is 14.6. The van der Waals surface area contributed by atoms with Crippen LogP contribution in [0.15, 0.2) is 29.2 Å². The number of rotatable bonds is 4. The van der Waals surface area contributed by atoms with Gasteiger partial charge >= 0.3 is 0 Å². The second-order valence-corrected chi connectivity index (χ2v) is 9.33. The highest BCUT2D eigenvalue weighted by Crippen LogP contribution is 2.39. The molecule has 0 radical (unpaired) electrons. The molecule has 1 aliphatic heterocycles. The minimum absolute atomic E-state index is 0.0104. The first kappa shape index (κ1) is 21.3. The maximum Gasteiger partial charge on any atom is 0.234 e. The fraction of sp³-hybridized carbons (Fsp3) is 0.364. The predicted molar refractivity (Wildman–Crippen MR) is 113 cm³/mol. The lowest BCUT2D eigenvalue weighted by atomic mass is 9.72. The molecule has 31 heavy (non-hydrogen) atoms. The molecular weight excluding hydrogens is 424 g/mol. The summed E-state index contributed by atoms with van der Waals surface area (Å²) in [5.41, 5.74) is -0.245. The van der Waals surface area contributed by atoms with Crippen LogP contribution in [0.1, 0.15) is 41.8 Å². The molecule has 9 heteroatoms. The summed E-state index contributed by atoms with van der Waals surface area (Å²) in [4.78, 5) is 26.2. The molecule has 0 saturated heterocycles. The Morgan fingerprint density at radius 2 is 2.00 bits per heavy atom. The van der Waals surface area contributed by atoms with E-state index in [1.165, 1.54) is 19.2 Å². The standard InChI is InChI=1S/C22H21F2N3O3S/c1-11-9-27-10-14(18(28)19(30-4)17(27)20(29)22(11,2)3)21-26-25-16(31-21)7-12-5-6-13(23)8-15(12)24/h5-6,8,10-11H,7,9H2,1-4H3. The van der Waals surface area contributed by atoms with E-state index in [1.54, 1.807) is 10.8 Å². The van der Waals surface area contributed by atoms with Gasteiger partial charge in [-0.05, 0) is 17.5 Å². The number of hydrogen-bond donors (Lipinski definition) is 0. The minimum Gasteiger partial charge on any atom is -0.491 e. The molecule has 1 atom stereocenters. The third-order valence-corrected chi connectivity index (χ3v) is 6.96. The number of pyridine rings is 1. The lowest BCUT2D eigenvalue weighted by molar-refractivity contribution is 0.0668. The van der Waals surface area contributed by atoms with Gasteiger partial charge < -0.3 is 9.30 Å². The molecule has 1 aliphatic rings. The third-order valence-electron chi connectivity index (χ3n) is 6.00. The summed E-state index contributed by atoms with van der Waals surface area (Å²) < 4.78 is 34.2. The molecule has 0 N–H and O–H groups in total. The van der Waals surface area contributed by atoms with Crippen LogP contribution < -0.4 is 10.2 Å². The Balaban J connectivity index is 1.76. The second-order valence-electron chi connectivity index (χ2n) is 8.27. The molecular formula is C22H21F2N3O3S. The molecule has 0 saturated carbocycles. The monoisotopic (exact) mass is 445 g/mol. The summed E-state index contributed by atoms with van der Waals surface area (Å²) in [6, 6.07) is 3.36. The van der Waals surface area contributed by atoms with Crippen molar-refractivity contribution in [3.8, 4) is 16.3 Å². The first-order valence-corrected chi connectivity index (χ1v) is 10.6. The number of carbonyl (C=O) groups is 1. The van der Waals surface area contributed by atoms with Crippen LogP contribution in [0.3, 0.4) is 0 Å². The molecule has 1 unspecified atom stereocenters. The number of aromatic nitrogens is 3. The Kier molecular flexibility index (Phi) is 5.25. The largest absolute Gasteiger partial charge is 0.491 e. The maximum atomic E-state index is 14.0. The smallest absolute Gasteiger partial charge is 0.234 e. The highest BCUT2D eigenvalue weighted by atomic mass is 32.1. The Bertz CT molecular complexity index is 1250. The van der Waals surface area contributed by atoms with Crippen LogP contribution in [0.2, 0.25) is 0 Å². The molecule has 0 aliphatic carbocycles. The van der Waals surface area contributed by atoms with E-state index < -0.39 is 22.5 Å². The van der Waals surface area contributed by atoms with Gasteiger partial charge in [0.15, 0.2) is 16.5 Å². The lowest BCUT2D eigenvalue weighted by Crippen LogP contribution is -2.42. The molecule has 0 amide bonds. The van der Waals surface area contributed by atoms with E-state index in [2.05, 4.69) is 10.2 Å². The molecule has 0 fully saturated rings. The van der Waals surface area contributed by atoms with Crippen LogP contribution in [0, 0.1) is 23.0 Å². The topological polar surface area (TPSA) is 74.1 Å². The molecule has 3 heterocycles. The van der Waals surface area contributed by atoms with E-state index in [9.17, 15) is 18.4 Å². The van der Waals surface area contributed by atoms with Crippen molar-refractivity contribution in [3.63, 3.8) is 0 Å². The van der Waals surface area contributed by atoms with E-state index in [0.717, 1.165) is 17.4 Å². The number of Topliss-reactive ketones (excluding diaryl/α,β-unsaturated/α-hetero) is 1. The summed E-state index contributed by atoms with van der Waals surface area (Å²) >= 11 is 1.14. The second kappa shape index (κ2) is 7.64. The van der Waals surface area contributed by atoms with Crippen molar-refractivity contribution in [1.29, 1.82) is 0 Å². The molecule has 3 aromatic rings. The summed E-state index contributed by atoms with van der Waals surface area (Å²) in [5.74, 6) is -1.41. The predicted octanol–water partition coefficient (Wildman–Crippen LogP) is 4.10. The van der Waals surface area contributed by atoms with E-state index >= 15 is 0 Å². The Morgan fingerprint density at radius 3 is 2.68 bits per heavy atom. The van der Waals surface area contributed by atoms with Crippen molar-refractivity contribution >= 4 is 17.1 Å². The van der Waals surface area contributed by atoms with Crippen LogP contribution in [0.5, 0.6) is 5.75 Å². The van der Waals surface area contributed by atoms with Crippen LogP contribution in [-0.4, -0.2) is 27.7 Å². The summed E-state index contributed by atoms with van der Waals surface area (Å²) in [5, 5.41) is 8.99. The van der Waals surface area contributed by atoms with Crippen LogP contribution in [-0.2, 0) is 13.0 Å². The van der Waals surface area contributed by atoms with Gasteiger partial charge in [-0.3, -0.25) is 9.59 Å². The first-order valence-electron chi connectivity index (χ1n) is 9.76. The molecule has 2 aromatic heterocycles. The molecule has 0 bridgehead atoms. The van der Waals surface area contributed by atoms with Gasteiger partial charge in [0, 0.05) is 30.6 Å². The quantitative estimate of drug-likeness (QED) is 0.605. The fourth-order valence-electron chi connectivity index (χ4n) is 3.67. The number of benzene rings is 1. The van der Waals surface area contributed by atoms with Crippen molar-refractivity contribution in [1.82, 2.24) is 14.8 Å². The summed E-state index contributed by atoms with van der Waals surface area (Å²) in [7, 11) is 1.36. The number of hydrogen-bond acceptors (Lipinski definition) is 6. The zero-order valence-corrected chi connectivity index (χ0v) is 18.3. The zero-order chi connectivity index (χ0) is 22.5. The average molecular weight is 445 g/mol. The maximum absolute atomic E-state index is 14.0. The SMILES string of the molecule is COc1c2n(cc(-c3nnc(Cc4ccc(F)cc4F)s3)c1=O)CC(C)C(C)(C)C2=O. The van der Waals surface area contributed by atoms with E-state index in [1.807, 2.05) is 20.8 Å². The van der Waals surface area contributed by atoms with Crippen LogP contribution >= 0.6 is 11.3 Å². The van der Waals surface area contributed by atoms with Crippen LogP contribution in [0.4, 0.5) is 8.78 Å². The molecule has 162 valence electrons. The lowest BCUT2D eigenvalue weighted by Gasteiger charge is -2.37. The van der Waals surface area contributed by atoms with E-state index in [0.29, 0.717) is 16.6 Å². The Morgan fingerprint density at radius 1 is 1.26 bits per heavy atom. The molecule has 6 nitrogen and oxygen atoms in total. The number of methoxy groups -OCH3 is 1. The Labute approximate surface area is 181 Å². The van der Waals surface area contributed by atoms with Gasteiger partial charge in [0.25, 0.3) is 0 Å². The molecule has 0 spiro atoms. The van der Waals surface area contributed by atoms with Gasteiger partial charge in [-0.1, -0.05) is 38.2 Å². The number of fused-ring (bicyclic) bond motifs is 1. The summed E-state index contributed by atoms with van der Waals surface area (Å²) in [6.07, 6.45) is 1.74. The van der Waals surface area contributed by atoms with Gasteiger partial charge in [-0.15, -0.1) is 10.2 Å². The van der Waals surface area contributed by atoms with Crippen molar-refractivity contribution in [2.24, 2.45) is 11.3 Å². The van der Waals surface area contributed by atoms with Crippen molar-refractivity contribution in [2.75, 3.05) is 7.11 Å². The van der Waals surface area contributed by atoms with Gasteiger partial charge in [0.2, 0.25) is 5.43 Å². The van der Waals surface area contributed by atoms with Gasteiger partial charge in [0.1, 0.15) is 22.3 Å². The minimum atomic E-state index is -0.664. The van der Waals surface area contributed by atoms with Crippen molar-refractivity contribution in [2.45, 2.75) is 33.7 Å². The number of halogens is 2. The van der Waals surface area contributed by atoms with Crippen molar-refractivity contribution in [3.05, 3.63) is 62.5 Å². The molecule has 1 aromatic carbocycles. The fourth-order valence-corrected chi connectivity index (χ4v) is 4.54. The third kappa shape index (κ3) is 3.56. The highest BCUT2D eigenvalue weighted by molar-refractivity contribution is 7.14. The normalized spacial score (nSPS) is 17.5. The van der Waals surface area contributed by atoms with Gasteiger partial charge in [-0.25, -0.2) is 8.78 Å². The number of ether oxygens (including phenoxy) is 1. The number of carbonyl (C=O) groups excluding carboxylic acids is 1. The molecule has 4 rings (SSSR count). The Hall–Kier alpha value is -2.94. The zero-order valence-electron chi connectivity index (χ0n) is 17.5. The number of ketones is 1. The average Bonchev–Trinajstić information content (AvgIpc) is 3.17.